The van der Waals surface area contributed by atoms with Gasteiger partial charge in [0.1, 0.15) is 11.6 Å². The van der Waals surface area contributed by atoms with E-state index in [0.717, 1.165) is 24.5 Å². The first-order valence-electron chi connectivity index (χ1n) is 7.63. The molecular weight excluding hydrogens is 265 g/mol. The molecule has 0 saturated heterocycles. The summed E-state index contributed by atoms with van der Waals surface area (Å²) in [6.07, 6.45) is 9.26. The summed E-state index contributed by atoms with van der Waals surface area (Å²) in [5, 5.41) is 3.35. The Morgan fingerprint density at radius 1 is 1.52 bits per heavy atom. The van der Waals surface area contributed by atoms with Gasteiger partial charge in [0.25, 0.3) is 0 Å². The van der Waals surface area contributed by atoms with Crippen molar-refractivity contribution in [1.82, 2.24) is 10.3 Å². The summed E-state index contributed by atoms with van der Waals surface area (Å²) < 4.78 is 13.5. The maximum Gasteiger partial charge on any atom is 0.141 e. The minimum atomic E-state index is -0.299. The summed E-state index contributed by atoms with van der Waals surface area (Å²) in [5.41, 5.74) is 0.881. The van der Waals surface area contributed by atoms with Crippen LogP contribution in [0.4, 0.5) is 10.2 Å². The van der Waals surface area contributed by atoms with Gasteiger partial charge in [-0.05, 0) is 37.3 Å². The summed E-state index contributed by atoms with van der Waals surface area (Å²) in [7, 11) is 0. The van der Waals surface area contributed by atoms with E-state index >= 15 is 0 Å². The highest BCUT2D eigenvalue weighted by Crippen LogP contribution is 2.31. The Balaban J connectivity index is 2.12. The number of halogens is 1. The van der Waals surface area contributed by atoms with Gasteiger partial charge in [0.2, 0.25) is 0 Å². The van der Waals surface area contributed by atoms with Crippen LogP contribution in [0.15, 0.2) is 12.3 Å². The summed E-state index contributed by atoms with van der Waals surface area (Å²) >= 11 is 0. The fraction of sp³-hybridized carbons (Fsp3) is 0.588. The van der Waals surface area contributed by atoms with Crippen LogP contribution in [0.1, 0.15) is 32.3 Å². The van der Waals surface area contributed by atoms with Crippen LogP contribution in [0.2, 0.25) is 0 Å². The van der Waals surface area contributed by atoms with E-state index in [0.29, 0.717) is 24.9 Å². The van der Waals surface area contributed by atoms with Gasteiger partial charge in [-0.1, -0.05) is 19.8 Å². The highest BCUT2D eigenvalue weighted by molar-refractivity contribution is 5.48. The molecule has 21 heavy (non-hydrogen) atoms. The Hall–Kier alpha value is -1.60. The number of anilines is 1. The molecule has 0 unspecified atom stereocenters. The molecule has 0 aliphatic heterocycles. The van der Waals surface area contributed by atoms with Crippen LogP contribution >= 0.6 is 0 Å². The smallest absolute Gasteiger partial charge is 0.141 e. The van der Waals surface area contributed by atoms with Crippen molar-refractivity contribution in [3.8, 4) is 12.3 Å². The maximum atomic E-state index is 13.5. The van der Waals surface area contributed by atoms with Crippen LogP contribution in [0, 0.1) is 30.0 Å². The van der Waals surface area contributed by atoms with Gasteiger partial charge in [-0.2, -0.15) is 0 Å². The predicted octanol–water partition coefficient (Wildman–Crippen LogP) is 2.82. The van der Waals surface area contributed by atoms with Crippen molar-refractivity contribution < 1.29 is 4.39 Å². The van der Waals surface area contributed by atoms with Crippen molar-refractivity contribution in [2.75, 3.05) is 24.5 Å². The molecule has 1 heterocycles. The zero-order valence-electron chi connectivity index (χ0n) is 12.9. The number of hydrogen-bond donors (Lipinski definition) is 1. The van der Waals surface area contributed by atoms with Crippen LogP contribution < -0.4 is 10.2 Å². The van der Waals surface area contributed by atoms with E-state index in [1.807, 2.05) is 0 Å². The molecule has 1 aliphatic rings. The summed E-state index contributed by atoms with van der Waals surface area (Å²) in [6.45, 7) is 7.25. The normalized spacial score (nSPS) is 14.2. The molecule has 1 N–H and O–H groups in total. The van der Waals surface area contributed by atoms with Gasteiger partial charge in [-0.3, -0.25) is 0 Å². The lowest BCUT2D eigenvalue weighted by atomic mass is 10.2. The van der Waals surface area contributed by atoms with Crippen molar-refractivity contribution in [3.63, 3.8) is 0 Å². The lowest BCUT2D eigenvalue weighted by Gasteiger charge is -2.24. The highest BCUT2D eigenvalue weighted by atomic mass is 19.1. The first-order valence-corrected chi connectivity index (χ1v) is 7.63. The number of pyridine rings is 1. The largest absolute Gasteiger partial charge is 0.345 e. The lowest BCUT2D eigenvalue weighted by molar-refractivity contribution is 0.548. The number of aromatic nitrogens is 1. The molecule has 3 nitrogen and oxygen atoms in total. The van der Waals surface area contributed by atoms with Crippen molar-refractivity contribution in [3.05, 3.63) is 23.6 Å². The molecule has 1 aromatic heterocycles. The number of nitrogens with one attached hydrogen (secondary N) is 1. The third-order valence-corrected chi connectivity index (χ3v) is 3.53. The van der Waals surface area contributed by atoms with Crippen molar-refractivity contribution >= 4 is 5.82 Å². The molecule has 0 bridgehead atoms. The molecular formula is C17H24FN3. The second-order valence-electron chi connectivity index (χ2n) is 6.19. The van der Waals surface area contributed by atoms with Gasteiger partial charge in [0.15, 0.2) is 0 Å². The third-order valence-electron chi connectivity index (χ3n) is 3.53. The Kier molecular flexibility index (Phi) is 5.58. The fourth-order valence-corrected chi connectivity index (χ4v) is 2.33. The zero-order chi connectivity index (χ0) is 15.2. The van der Waals surface area contributed by atoms with Gasteiger partial charge in [-0.15, -0.1) is 6.42 Å². The Bertz CT molecular complexity index is 503. The van der Waals surface area contributed by atoms with E-state index in [1.165, 1.54) is 19.0 Å². The lowest BCUT2D eigenvalue weighted by Crippen LogP contribution is -2.29. The average molecular weight is 289 g/mol. The number of rotatable bonds is 8. The molecule has 4 heteroatoms. The second-order valence-corrected chi connectivity index (χ2v) is 6.19. The molecule has 0 radical (unpaired) electrons. The molecule has 0 aromatic carbocycles. The number of terminal acetylenes is 1. The zero-order valence-corrected chi connectivity index (χ0v) is 12.9. The average Bonchev–Trinajstić information content (AvgIpc) is 3.22. The van der Waals surface area contributed by atoms with E-state index in [2.05, 4.69) is 35.0 Å². The molecule has 1 fully saturated rings. The van der Waals surface area contributed by atoms with Crippen molar-refractivity contribution in [2.24, 2.45) is 11.8 Å². The van der Waals surface area contributed by atoms with Crippen LogP contribution in [-0.2, 0) is 6.54 Å². The molecule has 0 atom stereocenters. The summed E-state index contributed by atoms with van der Waals surface area (Å²) in [4.78, 5) is 6.39. The molecule has 114 valence electrons. The SMILES string of the molecule is C#CCN(CC1CC1)c1ncc(F)cc1CNCC(C)C. The van der Waals surface area contributed by atoms with Crippen molar-refractivity contribution in [2.45, 2.75) is 33.2 Å². The van der Waals surface area contributed by atoms with Crippen LogP contribution in [0.5, 0.6) is 0 Å². The molecule has 1 aromatic rings. The highest BCUT2D eigenvalue weighted by Gasteiger charge is 2.25. The number of nitrogens with zero attached hydrogens (tertiary/aromatic N) is 2. The summed E-state index contributed by atoms with van der Waals surface area (Å²) in [6, 6.07) is 1.56. The minimum Gasteiger partial charge on any atom is -0.345 e. The third kappa shape index (κ3) is 5.02. The molecule has 0 amide bonds. The first kappa shape index (κ1) is 15.8. The second kappa shape index (κ2) is 7.42. The quantitative estimate of drug-likeness (QED) is 0.746. The van der Waals surface area contributed by atoms with E-state index in [1.54, 1.807) is 6.07 Å². The van der Waals surface area contributed by atoms with Gasteiger partial charge >= 0.3 is 0 Å². The van der Waals surface area contributed by atoms with Crippen LogP contribution in [-0.4, -0.2) is 24.6 Å². The van der Waals surface area contributed by atoms with Gasteiger partial charge < -0.3 is 10.2 Å². The number of hydrogen-bond acceptors (Lipinski definition) is 3. The maximum absolute atomic E-state index is 13.5. The summed E-state index contributed by atoms with van der Waals surface area (Å²) in [5.74, 6) is 4.47. The topological polar surface area (TPSA) is 28.2 Å². The van der Waals surface area contributed by atoms with Crippen LogP contribution in [0.25, 0.3) is 0 Å². The van der Waals surface area contributed by atoms with Gasteiger partial charge in [0.05, 0.1) is 12.7 Å². The fourth-order valence-electron chi connectivity index (χ4n) is 2.33. The van der Waals surface area contributed by atoms with Gasteiger partial charge in [-0.25, -0.2) is 9.37 Å². The molecule has 0 spiro atoms. The first-order chi connectivity index (χ1) is 10.1. The minimum absolute atomic E-state index is 0.299. The predicted molar refractivity (Wildman–Crippen MR) is 84.5 cm³/mol. The Labute approximate surface area is 126 Å². The van der Waals surface area contributed by atoms with E-state index in [9.17, 15) is 4.39 Å². The van der Waals surface area contributed by atoms with E-state index in [4.69, 9.17) is 6.42 Å². The van der Waals surface area contributed by atoms with E-state index < -0.39 is 0 Å². The Morgan fingerprint density at radius 2 is 2.29 bits per heavy atom. The Morgan fingerprint density at radius 3 is 2.90 bits per heavy atom. The molecule has 1 aliphatic carbocycles. The van der Waals surface area contributed by atoms with Gasteiger partial charge in [0, 0.05) is 18.7 Å². The van der Waals surface area contributed by atoms with Crippen molar-refractivity contribution in [1.29, 1.82) is 0 Å². The standard InChI is InChI=1S/C17H24FN3/c1-4-7-21(12-14-5-6-14)17-15(8-16(18)11-20-17)10-19-9-13(2)3/h1,8,11,13-14,19H,5-7,9-10,12H2,2-3H3. The molecule has 1 saturated carbocycles. The van der Waals surface area contributed by atoms with E-state index in [-0.39, 0.29) is 5.82 Å². The molecule has 2 rings (SSSR count). The monoisotopic (exact) mass is 289 g/mol. The van der Waals surface area contributed by atoms with Crippen LogP contribution in [0.3, 0.4) is 0 Å².